The molecule has 8 N–H and O–H groups in total. The van der Waals surface area contributed by atoms with E-state index in [4.69, 9.17) is 19.3 Å². The van der Waals surface area contributed by atoms with E-state index in [2.05, 4.69) is 0 Å². The minimum atomic E-state index is -1.74. The van der Waals surface area contributed by atoms with E-state index in [1.165, 1.54) is 0 Å². The molecule has 0 spiro atoms. The summed E-state index contributed by atoms with van der Waals surface area (Å²) in [5.74, 6) is 0. The van der Waals surface area contributed by atoms with Crippen molar-refractivity contribution in [2.75, 3.05) is 13.2 Å². The molecule has 2 aliphatic rings. The maximum atomic E-state index is 9.94. The van der Waals surface area contributed by atoms with Gasteiger partial charge in [-0.3, -0.25) is 0 Å². The van der Waals surface area contributed by atoms with Gasteiger partial charge in [0, 0.05) is 0 Å². The molecule has 0 saturated carbocycles. The molecule has 0 aromatic heterocycles. The lowest BCUT2D eigenvalue weighted by atomic mass is 9.97. The van der Waals surface area contributed by atoms with Crippen LogP contribution in [0, 0.1) is 0 Å². The highest BCUT2D eigenvalue weighted by Crippen LogP contribution is 2.28. The molecule has 136 valence electrons. The fourth-order valence-electron chi connectivity index (χ4n) is 2.57. The van der Waals surface area contributed by atoms with Gasteiger partial charge >= 0.3 is 0 Å². The van der Waals surface area contributed by atoms with E-state index in [0.29, 0.717) is 0 Å². The van der Waals surface area contributed by atoms with Crippen molar-refractivity contribution in [1.29, 1.82) is 0 Å². The van der Waals surface area contributed by atoms with Crippen LogP contribution in [0.25, 0.3) is 0 Å². The van der Waals surface area contributed by atoms with Crippen molar-refractivity contribution in [2.24, 2.45) is 0 Å². The monoisotopic (exact) mass is 342 g/mol. The van der Waals surface area contributed by atoms with Crippen molar-refractivity contribution < 1.29 is 55.1 Å². The number of ether oxygens (including phenoxy) is 3. The first-order chi connectivity index (χ1) is 10.8. The Kier molecular flexibility index (Phi) is 6.27. The third-order valence-electron chi connectivity index (χ3n) is 3.98. The summed E-state index contributed by atoms with van der Waals surface area (Å²) in [6, 6.07) is 0. The molecule has 0 radical (unpaired) electrons. The molecule has 0 amide bonds. The van der Waals surface area contributed by atoms with Crippen molar-refractivity contribution in [3.63, 3.8) is 0 Å². The van der Waals surface area contributed by atoms with Crippen molar-refractivity contribution in [2.45, 2.75) is 61.4 Å². The SMILES string of the molecule is OC[C@H]1OC(O[C@H]2[C@H](O)[C@@H](O)C(O)O[C@@H]2CO)[C@H](O)[C@@H](O)[C@@H]1O. The molecule has 2 aliphatic heterocycles. The van der Waals surface area contributed by atoms with E-state index >= 15 is 0 Å². The number of hydrogen-bond acceptors (Lipinski definition) is 11. The van der Waals surface area contributed by atoms with E-state index in [1.54, 1.807) is 0 Å². The van der Waals surface area contributed by atoms with E-state index in [0.717, 1.165) is 0 Å². The molecule has 2 rings (SSSR count). The first-order valence-corrected chi connectivity index (χ1v) is 7.08. The number of aliphatic hydroxyl groups is 8. The van der Waals surface area contributed by atoms with Gasteiger partial charge in [0.15, 0.2) is 12.6 Å². The second kappa shape index (κ2) is 7.63. The summed E-state index contributed by atoms with van der Waals surface area (Å²) in [7, 11) is 0. The van der Waals surface area contributed by atoms with Gasteiger partial charge in [-0.25, -0.2) is 0 Å². The second-order valence-corrected chi connectivity index (χ2v) is 5.53. The van der Waals surface area contributed by atoms with Crippen molar-refractivity contribution >= 4 is 0 Å². The van der Waals surface area contributed by atoms with E-state index in [9.17, 15) is 35.7 Å². The molecular formula is C12H22O11. The van der Waals surface area contributed by atoms with Crippen LogP contribution in [0.1, 0.15) is 0 Å². The Hall–Kier alpha value is -0.440. The molecule has 23 heavy (non-hydrogen) atoms. The van der Waals surface area contributed by atoms with Crippen molar-refractivity contribution in [1.82, 2.24) is 0 Å². The quantitative estimate of drug-likeness (QED) is 0.243. The predicted molar refractivity (Wildman–Crippen MR) is 68.6 cm³/mol. The molecule has 2 fully saturated rings. The van der Waals surface area contributed by atoms with E-state index < -0.39 is 74.6 Å². The van der Waals surface area contributed by atoms with Crippen LogP contribution in [0.3, 0.4) is 0 Å². The minimum absolute atomic E-state index is 0.667. The zero-order valence-corrected chi connectivity index (χ0v) is 12.0. The predicted octanol–water partition coefficient (Wildman–Crippen LogP) is -5.40. The Bertz CT molecular complexity index is 378. The van der Waals surface area contributed by atoms with Gasteiger partial charge in [-0.15, -0.1) is 0 Å². The summed E-state index contributed by atoms with van der Waals surface area (Å²) in [5, 5.41) is 76.5. The van der Waals surface area contributed by atoms with Crippen LogP contribution in [0.2, 0.25) is 0 Å². The Morgan fingerprint density at radius 1 is 0.652 bits per heavy atom. The molecule has 0 bridgehead atoms. The molecule has 2 saturated heterocycles. The topological polar surface area (TPSA) is 190 Å². The third-order valence-corrected chi connectivity index (χ3v) is 3.98. The average molecular weight is 342 g/mol. The van der Waals surface area contributed by atoms with Gasteiger partial charge in [-0.2, -0.15) is 0 Å². The first kappa shape index (κ1) is 18.9. The van der Waals surface area contributed by atoms with Gasteiger partial charge in [-0.05, 0) is 0 Å². The standard InChI is InChI=1S/C12H22O11/c13-1-3-5(15)6(16)9(19)12(22-3)23-10-4(2-14)21-11(20)8(18)7(10)17/h3-20H,1-2H2/t3-,4-,5-,6+,7-,8-,9-,10-,11?,12?/m1/s1. The zero-order chi connectivity index (χ0) is 17.3. The van der Waals surface area contributed by atoms with E-state index in [1.807, 2.05) is 0 Å². The first-order valence-electron chi connectivity index (χ1n) is 7.08. The van der Waals surface area contributed by atoms with Gasteiger partial charge in [-0.1, -0.05) is 0 Å². The largest absolute Gasteiger partial charge is 0.394 e. The van der Waals surface area contributed by atoms with Gasteiger partial charge in [0.2, 0.25) is 0 Å². The maximum absolute atomic E-state index is 9.94. The van der Waals surface area contributed by atoms with E-state index in [-0.39, 0.29) is 0 Å². The molecule has 11 heteroatoms. The Labute approximate surface area is 130 Å². The van der Waals surface area contributed by atoms with Gasteiger partial charge < -0.3 is 55.1 Å². The zero-order valence-electron chi connectivity index (χ0n) is 12.0. The molecule has 0 aliphatic carbocycles. The highest BCUT2D eigenvalue weighted by molar-refractivity contribution is 4.93. The normalized spacial score (nSPS) is 51.7. The number of hydrogen-bond donors (Lipinski definition) is 8. The summed E-state index contributed by atoms with van der Waals surface area (Å²) in [6.45, 7) is -1.35. The lowest BCUT2D eigenvalue weighted by molar-refractivity contribution is -0.355. The van der Waals surface area contributed by atoms with Crippen LogP contribution < -0.4 is 0 Å². The average Bonchev–Trinajstić information content (AvgIpc) is 2.55. The second-order valence-electron chi connectivity index (χ2n) is 5.53. The highest BCUT2D eigenvalue weighted by atomic mass is 16.7. The number of rotatable bonds is 4. The van der Waals surface area contributed by atoms with Crippen LogP contribution >= 0.6 is 0 Å². The Morgan fingerprint density at radius 3 is 1.83 bits per heavy atom. The van der Waals surface area contributed by atoms with Crippen LogP contribution in [0.15, 0.2) is 0 Å². The molecule has 2 heterocycles. The third kappa shape index (κ3) is 3.65. The van der Waals surface area contributed by atoms with Crippen molar-refractivity contribution in [3.05, 3.63) is 0 Å². The van der Waals surface area contributed by atoms with Gasteiger partial charge in [0.1, 0.15) is 48.8 Å². The molecule has 0 aromatic rings. The summed E-state index contributed by atoms with van der Waals surface area (Å²) in [5.41, 5.74) is 0. The number of aliphatic hydroxyl groups excluding tert-OH is 8. The fraction of sp³-hybridized carbons (Fsp3) is 1.00. The summed E-state index contributed by atoms with van der Waals surface area (Å²) >= 11 is 0. The Balaban J connectivity index is 2.11. The molecule has 11 nitrogen and oxygen atoms in total. The van der Waals surface area contributed by atoms with Crippen molar-refractivity contribution in [3.8, 4) is 0 Å². The highest BCUT2D eigenvalue weighted by Gasteiger charge is 2.50. The summed E-state index contributed by atoms with van der Waals surface area (Å²) < 4.78 is 15.3. The summed E-state index contributed by atoms with van der Waals surface area (Å²) in [6.07, 6.45) is -15.6. The molecule has 0 aromatic carbocycles. The molecule has 2 unspecified atom stereocenters. The van der Waals surface area contributed by atoms with Crippen LogP contribution in [0.5, 0.6) is 0 Å². The van der Waals surface area contributed by atoms with Crippen LogP contribution in [-0.2, 0) is 14.2 Å². The lowest BCUT2D eigenvalue weighted by Crippen LogP contribution is -2.64. The molecule has 10 atom stereocenters. The Morgan fingerprint density at radius 2 is 1.26 bits per heavy atom. The smallest absolute Gasteiger partial charge is 0.187 e. The molecular weight excluding hydrogens is 320 g/mol. The van der Waals surface area contributed by atoms with Gasteiger partial charge in [0.05, 0.1) is 13.2 Å². The summed E-state index contributed by atoms with van der Waals surface area (Å²) in [4.78, 5) is 0. The maximum Gasteiger partial charge on any atom is 0.187 e. The lowest BCUT2D eigenvalue weighted by Gasteiger charge is -2.45. The minimum Gasteiger partial charge on any atom is -0.394 e. The fourth-order valence-corrected chi connectivity index (χ4v) is 2.57. The van der Waals surface area contributed by atoms with Gasteiger partial charge in [0.25, 0.3) is 0 Å². The van der Waals surface area contributed by atoms with Crippen LogP contribution in [-0.4, -0.2) is 115 Å². The van der Waals surface area contributed by atoms with Crippen LogP contribution in [0.4, 0.5) is 0 Å².